The lowest BCUT2D eigenvalue weighted by Crippen LogP contribution is -1.99. The average Bonchev–Trinajstić information content (AvgIpc) is 2.79. The van der Waals surface area contributed by atoms with E-state index < -0.39 is 5.97 Å². The quantitative estimate of drug-likeness (QED) is 0.489. The van der Waals surface area contributed by atoms with Crippen molar-refractivity contribution in [3.8, 4) is 0 Å². The van der Waals surface area contributed by atoms with Gasteiger partial charge in [-0.25, -0.2) is 0 Å². The zero-order valence-electron chi connectivity index (χ0n) is 6.99. The lowest BCUT2D eigenvalue weighted by atomic mass is 10.5. The molecule has 1 aliphatic rings. The van der Waals surface area contributed by atoms with Gasteiger partial charge in [0.05, 0.1) is 19.0 Å². The molecule has 0 aliphatic heterocycles. The van der Waals surface area contributed by atoms with Gasteiger partial charge in [0.2, 0.25) is 0 Å². The molecule has 0 aromatic heterocycles. The van der Waals surface area contributed by atoms with Crippen LogP contribution in [0.3, 0.4) is 0 Å². The molecule has 0 saturated heterocycles. The van der Waals surface area contributed by atoms with E-state index in [9.17, 15) is 4.79 Å². The molecule has 1 aliphatic carbocycles. The molecule has 0 heterocycles. The second-order valence-electron chi connectivity index (χ2n) is 2.98. The maximum atomic E-state index is 10.1. The van der Waals surface area contributed by atoms with Crippen molar-refractivity contribution in [2.45, 2.75) is 19.3 Å². The molecule has 1 rings (SSSR count). The summed E-state index contributed by atoms with van der Waals surface area (Å²) >= 11 is 1.55. The number of carboxylic acid groups (broad SMARTS) is 1. The van der Waals surface area contributed by atoms with Gasteiger partial charge in [0.25, 0.3) is 0 Å². The topological polar surface area (TPSA) is 46.5 Å². The largest absolute Gasteiger partial charge is 0.481 e. The van der Waals surface area contributed by atoms with Crippen LogP contribution in [-0.4, -0.2) is 29.4 Å². The normalized spacial score (nSPS) is 16.3. The van der Waals surface area contributed by atoms with Crippen molar-refractivity contribution in [1.82, 2.24) is 0 Å². The molecule has 3 nitrogen and oxygen atoms in total. The Morgan fingerprint density at radius 2 is 2.33 bits per heavy atom. The number of thioether (sulfide) groups is 1. The average molecular weight is 190 g/mol. The Balaban J connectivity index is 1.73. The summed E-state index contributed by atoms with van der Waals surface area (Å²) in [6, 6.07) is 0. The van der Waals surface area contributed by atoms with E-state index in [2.05, 4.69) is 0 Å². The van der Waals surface area contributed by atoms with Crippen LogP contribution in [0.5, 0.6) is 0 Å². The fourth-order valence-electron chi connectivity index (χ4n) is 0.777. The van der Waals surface area contributed by atoms with Crippen LogP contribution in [0.2, 0.25) is 0 Å². The van der Waals surface area contributed by atoms with Crippen LogP contribution in [-0.2, 0) is 9.53 Å². The van der Waals surface area contributed by atoms with Crippen LogP contribution in [0.25, 0.3) is 0 Å². The lowest BCUT2D eigenvalue weighted by Gasteiger charge is -2.00. The highest BCUT2D eigenvalue weighted by molar-refractivity contribution is 7.99. The first kappa shape index (κ1) is 9.86. The smallest absolute Gasteiger partial charge is 0.304 e. The maximum absolute atomic E-state index is 10.1. The van der Waals surface area contributed by atoms with E-state index in [0.717, 1.165) is 12.5 Å². The second-order valence-corrected chi connectivity index (χ2v) is 4.04. The predicted molar refractivity (Wildman–Crippen MR) is 48.3 cm³/mol. The second kappa shape index (κ2) is 5.43. The highest BCUT2D eigenvalue weighted by atomic mass is 32.2. The third-order valence-electron chi connectivity index (χ3n) is 1.68. The molecule has 0 atom stereocenters. The van der Waals surface area contributed by atoms with E-state index in [0.29, 0.717) is 11.7 Å². The highest BCUT2D eigenvalue weighted by Gasteiger charge is 2.20. The Morgan fingerprint density at radius 3 is 2.92 bits per heavy atom. The molecular weight excluding hydrogens is 176 g/mol. The third-order valence-corrected chi connectivity index (χ3v) is 2.50. The van der Waals surface area contributed by atoms with Gasteiger partial charge in [0.15, 0.2) is 0 Å². The van der Waals surface area contributed by atoms with E-state index >= 15 is 0 Å². The summed E-state index contributed by atoms with van der Waals surface area (Å²) in [7, 11) is 0. The molecule has 0 aromatic carbocycles. The zero-order chi connectivity index (χ0) is 8.81. The fraction of sp³-hybridized carbons (Fsp3) is 0.875. The Morgan fingerprint density at radius 1 is 1.58 bits per heavy atom. The minimum atomic E-state index is -0.732. The molecule has 0 spiro atoms. The van der Waals surface area contributed by atoms with Gasteiger partial charge in [-0.2, -0.15) is 0 Å². The van der Waals surface area contributed by atoms with E-state index in [-0.39, 0.29) is 6.42 Å². The molecule has 0 amide bonds. The molecule has 1 N–H and O–H groups in total. The number of rotatable bonds is 7. The van der Waals surface area contributed by atoms with Crippen molar-refractivity contribution in [2.24, 2.45) is 5.92 Å². The van der Waals surface area contributed by atoms with Gasteiger partial charge >= 0.3 is 5.97 Å². The van der Waals surface area contributed by atoms with Crippen molar-refractivity contribution in [3.05, 3.63) is 0 Å². The van der Waals surface area contributed by atoms with Crippen molar-refractivity contribution in [1.29, 1.82) is 0 Å². The van der Waals surface area contributed by atoms with Crippen LogP contribution < -0.4 is 0 Å². The van der Waals surface area contributed by atoms with Crippen molar-refractivity contribution < 1.29 is 14.6 Å². The Bertz CT molecular complexity index is 145. The summed E-state index contributed by atoms with van der Waals surface area (Å²) in [4.78, 5) is 10.1. The first-order valence-corrected chi connectivity index (χ1v) is 5.32. The van der Waals surface area contributed by atoms with Gasteiger partial charge < -0.3 is 9.84 Å². The maximum Gasteiger partial charge on any atom is 0.304 e. The highest BCUT2D eigenvalue weighted by Crippen LogP contribution is 2.29. The van der Waals surface area contributed by atoms with E-state index in [1.54, 1.807) is 11.8 Å². The number of aliphatic carboxylic acids is 1. The van der Waals surface area contributed by atoms with Crippen molar-refractivity contribution in [2.75, 3.05) is 18.3 Å². The Kier molecular flexibility index (Phi) is 4.46. The molecular formula is C8H14O3S. The SMILES string of the molecule is O=C(O)CCSCOCC1CC1. The van der Waals surface area contributed by atoms with E-state index in [1.807, 2.05) is 0 Å². The zero-order valence-corrected chi connectivity index (χ0v) is 7.81. The van der Waals surface area contributed by atoms with Gasteiger partial charge in [-0.3, -0.25) is 4.79 Å². The number of ether oxygens (including phenoxy) is 1. The number of hydrogen-bond acceptors (Lipinski definition) is 3. The number of hydrogen-bond donors (Lipinski definition) is 1. The van der Waals surface area contributed by atoms with Crippen molar-refractivity contribution >= 4 is 17.7 Å². The molecule has 0 bridgehead atoms. The molecule has 70 valence electrons. The summed E-state index contributed by atoms with van der Waals surface area (Å²) in [5.74, 6) is 1.36. The Labute approximate surface area is 76.5 Å². The number of carbonyl (C=O) groups is 1. The van der Waals surface area contributed by atoms with Crippen LogP contribution in [0, 0.1) is 5.92 Å². The molecule has 0 aromatic rings. The minimum Gasteiger partial charge on any atom is -0.481 e. The van der Waals surface area contributed by atoms with Gasteiger partial charge in [0.1, 0.15) is 0 Å². The Hall–Kier alpha value is -0.220. The van der Waals surface area contributed by atoms with Crippen molar-refractivity contribution in [3.63, 3.8) is 0 Å². The van der Waals surface area contributed by atoms with Gasteiger partial charge in [-0.1, -0.05) is 0 Å². The van der Waals surface area contributed by atoms with Gasteiger partial charge in [0, 0.05) is 5.75 Å². The summed E-state index contributed by atoms with van der Waals surface area (Å²) < 4.78 is 5.31. The molecule has 1 fully saturated rings. The van der Waals surface area contributed by atoms with Gasteiger partial charge in [-0.05, 0) is 18.8 Å². The molecule has 12 heavy (non-hydrogen) atoms. The number of carboxylic acids is 1. The third kappa shape index (κ3) is 5.43. The monoisotopic (exact) mass is 190 g/mol. The molecule has 4 heteroatoms. The van der Waals surface area contributed by atoms with Crippen LogP contribution in [0.1, 0.15) is 19.3 Å². The molecule has 0 unspecified atom stereocenters. The summed E-state index contributed by atoms with van der Waals surface area (Å²) in [6.07, 6.45) is 2.84. The van der Waals surface area contributed by atoms with Crippen LogP contribution in [0.15, 0.2) is 0 Å². The fourth-order valence-corrected chi connectivity index (χ4v) is 1.43. The van der Waals surface area contributed by atoms with Gasteiger partial charge in [-0.15, -0.1) is 11.8 Å². The minimum absolute atomic E-state index is 0.234. The molecule has 1 saturated carbocycles. The summed E-state index contributed by atoms with van der Waals surface area (Å²) in [6.45, 7) is 0.861. The lowest BCUT2D eigenvalue weighted by molar-refractivity contribution is -0.136. The summed E-state index contributed by atoms with van der Waals surface area (Å²) in [5.41, 5.74) is 0. The molecule has 0 radical (unpaired) electrons. The first-order valence-electron chi connectivity index (χ1n) is 4.16. The standard InChI is InChI=1S/C8H14O3S/c9-8(10)3-4-12-6-11-5-7-1-2-7/h7H,1-6H2,(H,9,10). The van der Waals surface area contributed by atoms with Crippen LogP contribution in [0.4, 0.5) is 0 Å². The van der Waals surface area contributed by atoms with Crippen LogP contribution >= 0.6 is 11.8 Å². The predicted octanol–water partition coefficient (Wildman–Crippen LogP) is 1.58. The summed E-state index contributed by atoms with van der Waals surface area (Å²) in [5, 5.41) is 8.31. The first-order chi connectivity index (χ1) is 5.79. The van der Waals surface area contributed by atoms with E-state index in [4.69, 9.17) is 9.84 Å². The van der Waals surface area contributed by atoms with E-state index in [1.165, 1.54) is 12.8 Å².